The van der Waals surface area contributed by atoms with E-state index < -0.39 is 0 Å². The Balaban J connectivity index is 2.19. The fraction of sp³-hybridized carbons (Fsp3) is 1.00. The Kier molecular flexibility index (Phi) is 6.96. The molecule has 0 N–H and O–H groups in total. The SMILES string of the molecule is ICCOI. The highest BCUT2D eigenvalue weighted by atomic mass is 127. The van der Waals surface area contributed by atoms with E-state index in [4.69, 9.17) is 0 Å². The predicted molar refractivity (Wildman–Crippen MR) is 38.9 cm³/mol. The average molecular weight is 298 g/mol. The van der Waals surface area contributed by atoms with E-state index in [1.54, 1.807) is 0 Å². The molecule has 0 spiro atoms. The molecule has 5 heavy (non-hydrogen) atoms. The molecule has 0 saturated carbocycles. The third-order valence-corrected chi connectivity index (χ3v) is 1.04. The second-order valence-electron chi connectivity index (χ2n) is 0.502. The third-order valence-electron chi connectivity index (χ3n) is 0.154. The van der Waals surface area contributed by atoms with Crippen LogP contribution in [0.3, 0.4) is 0 Å². The van der Waals surface area contributed by atoms with E-state index in [0.717, 1.165) is 11.0 Å². The Morgan fingerprint density at radius 3 is 2.20 bits per heavy atom. The minimum absolute atomic E-state index is 0.862. The van der Waals surface area contributed by atoms with Crippen LogP contribution in [0.25, 0.3) is 0 Å². The first kappa shape index (κ1) is 6.42. The van der Waals surface area contributed by atoms with Crippen molar-refractivity contribution < 1.29 is 3.07 Å². The highest BCUT2D eigenvalue weighted by molar-refractivity contribution is 14.1. The number of hydrogen-bond donors (Lipinski definition) is 0. The molecular weight excluding hydrogens is 294 g/mol. The summed E-state index contributed by atoms with van der Waals surface area (Å²) in [4.78, 5) is 0. The molecule has 0 unspecified atom stereocenters. The van der Waals surface area contributed by atoms with Crippen LogP contribution in [-0.4, -0.2) is 11.0 Å². The molecule has 32 valence electrons. The molecule has 0 radical (unpaired) electrons. The average Bonchev–Trinajstić information content (AvgIpc) is 1.41. The van der Waals surface area contributed by atoms with Crippen molar-refractivity contribution in [3.05, 3.63) is 0 Å². The molecule has 1 nitrogen and oxygen atoms in total. The maximum absolute atomic E-state index is 4.65. The Morgan fingerprint density at radius 2 is 2.20 bits per heavy atom. The van der Waals surface area contributed by atoms with Gasteiger partial charge in [0.2, 0.25) is 0 Å². The van der Waals surface area contributed by atoms with Crippen LogP contribution in [0, 0.1) is 0 Å². The minimum Gasteiger partial charge on any atom is -0.315 e. The van der Waals surface area contributed by atoms with Crippen LogP contribution in [0.15, 0.2) is 0 Å². The van der Waals surface area contributed by atoms with Gasteiger partial charge in [-0.2, -0.15) is 0 Å². The molecule has 0 aromatic heterocycles. The topological polar surface area (TPSA) is 9.23 Å². The van der Waals surface area contributed by atoms with Gasteiger partial charge in [0.25, 0.3) is 0 Å². The van der Waals surface area contributed by atoms with Crippen molar-refractivity contribution in [3.63, 3.8) is 0 Å². The maximum Gasteiger partial charge on any atom is 0.109 e. The van der Waals surface area contributed by atoms with E-state index in [-0.39, 0.29) is 0 Å². The smallest absolute Gasteiger partial charge is 0.109 e. The van der Waals surface area contributed by atoms with Crippen LogP contribution in [0.5, 0.6) is 0 Å². The maximum atomic E-state index is 4.65. The van der Waals surface area contributed by atoms with Gasteiger partial charge in [0.05, 0.1) is 6.61 Å². The highest BCUT2D eigenvalue weighted by Gasteiger charge is 1.70. The molecule has 0 saturated heterocycles. The summed E-state index contributed by atoms with van der Waals surface area (Å²) in [5.74, 6) is 0. The van der Waals surface area contributed by atoms with Crippen molar-refractivity contribution in [1.82, 2.24) is 0 Å². The van der Waals surface area contributed by atoms with Crippen LogP contribution in [0.4, 0.5) is 0 Å². The number of hydrogen-bond acceptors (Lipinski definition) is 1. The zero-order chi connectivity index (χ0) is 4.12. The largest absolute Gasteiger partial charge is 0.315 e. The standard InChI is InChI=1S/C2H4I2O/c3-1-2-5-4/h1-2H2. The van der Waals surface area contributed by atoms with E-state index in [1.807, 2.05) is 23.0 Å². The molecule has 0 fully saturated rings. The lowest BCUT2D eigenvalue weighted by molar-refractivity contribution is 0.467. The van der Waals surface area contributed by atoms with Crippen LogP contribution >= 0.6 is 45.6 Å². The van der Waals surface area contributed by atoms with E-state index in [0.29, 0.717) is 0 Å². The van der Waals surface area contributed by atoms with Gasteiger partial charge in [-0.25, -0.2) is 0 Å². The summed E-state index contributed by atoms with van der Waals surface area (Å²) >= 11 is 4.14. The zero-order valence-corrected chi connectivity index (χ0v) is 6.89. The van der Waals surface area contributed by atoms with Gasteiger partial charge in [0.1, 0.15) is 23.0 Å². The summed E-state index contributed by atoms with van der Waals surface area (Å²) in [7, 11) is 0. The first-order valence-corrected chi connectivity index (χ1v) is 3.62. The van der Waals surface area contributed by atoms with Gasteiger partial charge in [-0.15, -0.1) is 0 Å². The van der Waals surface area contributed by atoms with Gasteiger partial charge in [-0.3, -0.25) is 0 Å². The van der Waals surface area contributed by atoms with Crippen molar-refractivity contribution in [3.8, 4) is 0 Å². The van der Waals surface area contributed by atoms with Crippen molar-refractivity contribution in [2.24, 2.45) is 0 Å². The lowest BCUT2D eigenvalue weighted by Gasteiger charge is -1.79. The monoisotopic (exact) mass is 298 g/mol. The van der Waals surface area contributed by atoms with Gasteiger partial charge >= 0.3 is 0 Å². The van der Waals surface area contributed by atoms with Crippen LogP contribution in [-0.2, 0) is 3.07 Å². The summed E-state index contributed by atoms with van der Waals surface area (Å²) in [5, 5.41) is 0. The number of rotatable bonds is 2. The summed E-state index contributed by atoms with van der Waals surface area (Å²) in [6.45, 7) is 0.862. The quantitative estimate of drug-likeness (QED) is 0.558. The lowest BCUT2D eigenvalue weighted by atomic mass is 10.9. The Hall–Kier alpha value is 1.42. The van der Waals surface area contributed by atoms with Crippen molar-refractivity contribution in [1.29, 1.82) is 0 Å². The second kappa shape index (κ2) is 5.42. The molecule has 0 aromatic rings. The fourth-order valence-electron chi connectivity index (χ4n) is 0.0292. The first-order chi connectivity index (χ1) is 2.41. The molecule has 0 atom stereocenters. The third kappa shape index (κ3) is 5.42. The summed E-state index contributed by atoms with van der Waals surface area (Å²) < 4.78 is 5.74. The minimum atomic E-state index is 0.862. The van der Waals surface area contributed by atoms with E-state index in [9.17, 15) is 0 Å². The van der Waals surface area contributed by atoms with Crippen molar-refractivity contribution in [2.75, 3.05) is 11.0 Å². The summed E-state index contributed by atoms with van der Waals surface area (Å²) in [5.41, 5.74) is 0. The molecule has 0 bridgehead atoms. The molecule has 0 aliphatic rings. The molecular formula is C2H4I2O. The number of alkyl halides is 1. The van der Waals surface area contributed by atoms with Crippen LogP contribution in [0.2, 0.25) is 0 Å². The van der Waals surface area contributed by atoms with Gasteiger partial charge < -0.3 is 3.07 Å². The summed E-state index contributed by atoms with van der Waals surface area (Å²) in [6.07, 6.45) is 0. The van der Waals surface area contributed by atoms with Gasteiger partial charge in [0, 0.05) is 4.43 Å². The Morgan fingerprint density at radius 1 is 1.60 bits per heavy atom. The van der Waals surface area contributed by atoms with Gasteiger partial charge in [0.15, 0.2) is 0 Å². The van der Waals surface area contributed by atoms with E-state index >= 15 is 0 Å². The molecule has 0 aliphatic carbocycles. The zero-order valence-electron chi connectivity index (χ0n) is 2.58. The molecule has 0 aromatic carbocycles. The second-order valence-corrected chi connectivity index (χ2v) is 2.20. The highest BCUT2D eigenvalue weighted by Crippen LogP contribution is 1.86. The first-order valence-electron chi connectivity index (χ1n) is 1.21. The van der Waals surface area contributed by atoms with Gasteiger partial charge in [-0.05, 0) is 0 Å². The fourth-order valence-corrected chi connectivity index (χ4v) is 1.31. The molecule has 0 amide bonds. The lowest BCUT2D eigenvalue weighted by Crippen LogP contribution is -1.78. The normalized spacial score (nSPS) is 8.40. The Labute approximate surface area is 59.3 Å². The van der Waals surface area contributed by atoms with Crippen LogP contribution in [0.1, 0.15) is 0 Å². The van der Waals surface area contributed by atoms with E-state index in [2.05, 4.69) is 25.7 Å². The van der Waals surface area contributed by atoms with Crippen molar-refractivity contribution in [2.45, 2.75) is 0 Å². The molecule has 0 rings (SSSR count). The molecule has 3 heteroatoms. The van der Waals surface area contributed by atoms with Gasteiger partial charge in [-0.1, -0.05) is 22.6 Å². The molecule has 0 heterocycles. The number of halogens is 2. The Bertz CT molecular complexity index is 15.1. The van der Waals surface area contributed by atoms with Crippen molar-refractivity contribution >= 4 is 45.6 Å². The predicted octanol–water partition coefficient (Wildman–Crippen LogP) is 1.79. The van der Waals surface area contributed by atoms with Crippen LogP contribution < -0.4 is 0 Å². The molecule has 0 aliphatic heterocycles. The van der Waals surface area contributed by atoms with E-state index in [1.165, 1.54) is 0 Å². The summed E-state index contributed by atoms with van der Waals surface area (Å²) in [6, 6.07) is 0.